The van der Waals surface area contributed by atoms with E-state index in [2.05, 4.69) is 5.32 Å². The van der Waals surface area contributed by atoms with E-state index in [9.17, 15) is 14.9 Å². The minimum Gasteiger partial charge on any atom is -0.497 e. The Hall–Kier alpha value is -4.38. The molecule has 0 saturated carbocycles. The van der Waals surface area contributed by atoms with Gasteiger partial charge in [0.25, 0.3) is 11.6 Å². The quantitative estimate of drug-likeness (QED) is 0.446. The van der Waals surface area contributed by atoms with Gasteiger partial charge >= 0.3 is 0 Å². The van der Waals surface area contributed by atoms with Crippen molar-refractivity contribution in [2.45, 2.75) is 13.0 Å². The summed E-state index contributed by atoms with van der Waals surface area (Å²) in [5, 5.41) is 22.9. The predicted octanol–water partition coefficient (Wildman–Crippen LogP) is 4.55. The van der Waals surface area contributed by atoms with E-state index in [0.29, 0.717) is 33.9 Å². The number of nitro groups is 1. The first-order chi connectivity index (χ1) is 14.9. The first-order valence-electron chi connectivity index (χ1n) is 9.32. The highest BCUT2D eigenvalue weighted by Gasteiger charge is 2.20. The fraction of sp³-hybridized carbons (Fsp3) is 0.130. The third-order valence-electron chi connectivity index (χ3n) is 4.51. The van der Waals surface area contributed by atoms with Crippen LogP contribution in [0.5, 0.6) is 11.5 Å². The number of benzene rings is 3. The van der Waals surface area contributed by atoms with Crippen LogP contribution in [0.4, 0.5) is 11.4 Å². The lowest BCUT2D eigenvalue weighted by atomic mass is 10.0. The summed E-state index contributed by atoms with van der Waals surface area (Å²) >= 11 is 0. The number of rotatable bonds is 7. The van der Waals surface area contributed by atoms with Crippen LogP contribution in [0.2, 0.25) is 0 Å². The number of hydrogen-bond acceptors (Lipinski definition) is 6. The van der Waals surface area contributed by atoms with Crippen LogP contribution < -0.4 is 14.8 Å². The van der Waals surface area contributed by atoms with Crippen molar-refractivity contribution in [2.75, 3.05) is 12.4 Å². The molecule has 0 saturated heterocycles. The molecule has 1 atom stereocenters. The lowest BCUT2D eigenvalue weighted by molar-refractivity contribution is -0.384. The fourth-order valence-corrected chi connectivity index (χ4v) is 2.88. The number of nitriles is 1. The Kier molecular flexibility index (Phi) is 6.48. The van der Waals surface area contributed by atoms with E-state index in [4.69, 9.17) is 14.7 Å². The van der Waals surface area contributed by atoms with Crippen molar-refractivity contribution in [3.63, 3.8) is 0 Å². The normalized spacial score (nSPS) is 11.1. The van der Waals surface area contributed by atoms with Gasteiger partial charge in [0, 0.05) is 23.4 Å². The first kappa shape index (κ1) is 21.3. The maximum absolute atomic E-state index is 12.6. The number of nitro benzene ring substituents is 1. The van der Waals surface area contributed by atoms with Gasteiger partial charge in [-0.15, -0.1) is 0 Å². The third kappa shape index (κ3) is 5.16. The Morgan fingerprint density at radius 1 is 1.13 bits per heavy atom. The summed E-state index contributed by atoms with van der Waals surface area (Å²) in [6.45, 7) is 1.57. The van der Waals surface area contributed by atoms with Crippen LogP contribution in [0, 0.1) is 21.4 Å². The Morgan fingerprint density at radius 2 is 1.87 bits per heavy atom. The van der Waals surface area contributed by atoms with Crippen LogP contribution in [-0.4, -0.2) is 24.0 Å². The largest absolute Gasteiger partial charge is 0.497 e. The maximum atomic E-state index is 12.6. The molecule has 0 aliphatic rings. The monoisotopic (exact) mass is 417 g/mol. The van der Waals surface area contributed by atoms with Crippen molar-refractivity contribution in [1.29, 1.82) is 5.26 Å². The fourth-order valence-electron chi connectivity index (χ4n) is 2.88. The highest BCUT2D eigenvalue weighted by atomic mass is 16.6. The molecule has 1 N–H and O–H groups in total. The van der Waals surface area contributed by atoms with Crippen molar-refractivity contribution < 1.29 is 19.2 Å². The Morgan fingerprint density at radius 3 is 2.52 bits per heavy atom. The van der Waals surface area contributed by atoms with Crippen LogP contribution in [0.15, 0.2) is 66.7 Å². The van der Waals surface area contributed by atoms with E-state index < -0.39 is 16.9 Å². The highest BCUT2D eigenvalue weighted by Crippen LogP contribution is 2.35. The van der Waals surface area contributed by atoms with Crippen LogP contribution >= 0.6 is 0 Å². The molecule has 3 aromatic rings. The minimum absolute atomic E-state index is 0.0939. The summed E-state index contributed by atoms with van der Waals surface area (Å²) in [5.41, 5.74) is 1.95. The molecule has 156 valence electrons. The smallest absolute Gasteiger partial charge is 0.270 e. The summed E-state index contributed by atoms with van der Waals surface area (Å²) < 4.78 is 11.0. The van der Waals surface area contributed by atoms with Gasteiger partial charge in [-0.3, -0.25) is 14.9 Å². The Labute approximate surface area is 178 Å². The lowest BCUT2D eigenvalue weighted by Crippen LogP contribution is -2.30. The van der Waals surface area contributed by atoms with Gasteiger partial charge < -0.3 is 14.8 Å². The van der Waals surface area contributed by atoms with E-state index in [1.165, 1.54) is 18.2 Å². The molecule has 0 radical (unpaired) electrons. The Bertz CT molecular complexity index is 1150. The predicted molar refractivity (Wildman–Crippen MR) is 115 cm³/mol. The lowest BCUT2D eigenvalue weighted by Gasteiger charge is -2.17. The zero-order valence-corrected chi connectivity index (χ0v) is 16.9. The van der Waals surface area contributed by atoms with E-state index in [1.54, 1.807) is 62.6 Å². The number of non-ortho nitro benzene ring substituents is 1. The second-order valence-corrected chi connectivity index (χ2v) is 6.61. The van der Waals surface area contributed by atoms with Crippen molar-refractivity contribution in [3.8, 4) is 28.7 Å². The number of amides is 1. The van der Waals surface area contributed by atoms with Crippen LogP contribution in [-0.2, 0) is 4.79 Å². The number of carbonyl (C=O) groups excluding carboxylic acids is 1. The van der Waals surface area contributed by atoms with Gasteiger partial charge in [-0.25, -0.2) is 0 Å². The summed E-state index contributed by atoms with van der Waals surface area (Å²) in [6.07, 6.45) is -0.899. The average molecular weight is 417 g/mol. The molecule has 1 amide bonds. The summed E-state index contributed by atoms with van der Waals surface area (Å²) in [7, 11) is 1.55. The zero-order chi connectivity index (χ0) is 22.4. The van der Waals surface area contributed by atoms with Gasteiger partial charge in [0.1, 0.15) is 11.5 Å². The number of anilines is 1. The van der Waals surface area contributed by atoms with E-state index in [-0.39, 0.29) is 5.69 Å². The van der Waals surface area contributed by atoms with Crippen molar-refractivity contribution in [2.24, 2.45) is 0 Å². The zero-order valence-electron chi connectivity index (χ0n) is 16.9. The first-order valence-corrected chi connectivity index (χ1v) is 9.32. The number of methoxy groups -OCH3 is 1. The molecule has 0 unspecified atom stereocenters. The molecule has 0 heterocycles. The number of nitrogens with one attached hydrogen (secondary N) is 1. The summed E-state index contributed by atoms with van der Waals surface area (Å²) in [6, 6.07) is 19.7. The summed E-state index contributed by atoms with van der Waals surface area (Å²) in [4.78, 5) is 23.3. The molecule has 8 heteroatoms. The van der Waals surface area contributed by atoms with Crippen LogP contribution in [0.25, 0.3) is 11.1 Å². The molecule has 3 rings (SSSR count). The molecule has 0 aliphatic carbocycles. The topological polar surface area (TPSA) is 114 Å². The Balaban J connectivity index is 1.86. The second kappa shape index (κ2) is 9.41. The molecule has 0 fully saturated rings. The second-order valence-electron chi connectivity index (χ2n) is 6.61. The molecule has 0 aromatic heterocycles. The van der Waals surface area contributed by atoms with Crippen LogP contribution in [0.3, 0.4) is 0 Å². The van der Waals surface area contributed by atoms with Crippen molar-refractivity contribution in [3.05, 3.63) is 82.4 Å². The minimum atomic E-state index is -0.899. The summed E-state index contributed by atoms with van der Waals surface area (Å²) in [5.74, 6) is 0.544. The van der Waals surface area contributed by atoms with E-state index in [1.807, 2.05) is 6.07 Å². The van der Waals surface area contributed by atoms with Gasteiger partial charge in [-0.2, -0.15) is 5.26 Å². The van der Waals surface area contributed by atoms with Crippen molar-refractivity contribution in [1.82, 2.24) is 0 Å². The molecule has 0 aliphatic heterocycles. The third-order valence-corrected chi connectivity index (χ3v) is 4.51. The van der Waals surface area contributed by atoms with Crippen molar-refractivity contribution >= 4 is 17.3 Å². The number of nitrogens with zero attached hydrogens (tertiary/aromatic N) is 2. The SMILES string of the molecule is COc1ccc(-c2cc([N+](=O)[O-])ccc2O[C@H](C)C(=O)Nc2cccc(C#N)c2)cc1. The molecular formula is C23H19N3O5. The van der Waals surface area contributed by atoms with Crippen LogP contribution in [0.1, 0.15) is 12.5 Å². The molecular weight excluding hydrogens is 398 g/mol. The standard InChI is InChI=1S/C23H19N3O5/c1-15(23(27)25-18-5-3-4-16(12-18)14-24)31-22-11-8-19(26(28)29)13-21(22)17-6-9-20(30-2)10-7-17/h3-13,15H,1-2H3,(H,25,27)/t15-/m1/s1. The van der Waals surface area contributed by atoms with E-state index in [0.717, 1.165) is 0 Å². The molecule has 3 aromatic carbocycles. The van der Waals surface area contributed by atoms with Gasteiger partial charge in [0.15, 0.2) is 6.10 Å². The van der Waals surface area contributed by atoms with E-state index >= 15 is 0 Å². The number of hydrogen-bond donors (Lipinski definition) is 1. The average Bonchev–Trinajstić information content (AvgIpc) is 2.79. The highest BCUT2D eigenvalue weighted by molar-refractivity contribution is 5.94. The van der Waals surface area contributed by atoms with Gasteiger partial charge in [0.2, 0.25) is 0 Å². The maximum Gasteiger partial charge on any atom is 0.270 e. The number of carbonyl (C=O) groups is 1. The molecule has 0 bridgehead atoms. The number of ether oxygens (including phenoxy) is 2. The molecule has 8 nitrogen and oxygen atoms in total. The molecule has 0 spiro atoms. The van der Waals surface area contributed by atoms with Gasteiger partial charge in [-0.05, 0) is 48.9 Å². The van der Waals surface area contributed by atoms with Gasteiger partial charge in [0.05, 0.1) is 23.7 Å². The molecule has 31 heavy (non-hydrogen) atoms. The van der Waals surface area contributed by atoms with Gasteiger partial charge in [-0.1, -0.05) is 18.2 Å².